The van der Waals surface area contributed by atoms with Crippen molar-refractivity contribution in [3.63, 3.8) is 0 Å². The second-order valence-electron chi connectivity index (χ2n) is 13.0. The summed E-state index contributed by atoms with van der Waals surface area (Å²) < 4.78 is 93.1. The highest BCUT2D eigenvalue weighted by molar-refractivity contribution is 7.97. The molecular weight excluding hydrogens is 753 g/mol. The minimum Gasteiger partial charge on any atom is -0.436 e. The zero-order chi connectivity index (χ0) is 38.3. The number of carbonyl (C=O) groups is 2. The van der Waals surface area contributed by atoms with E-state index in [1.807, 2.05) is 6.07 Å². The quantitative estimate of drug-likeness (QED) is 0.0741. The van der Waals surface area contributed by atoms with Crippen LogP contribution in [0, 0.1) is 11.3 Å². The lowest BCUT2D eigenvalue weighted by molar-refractivity contribution is -0.170. The number of nitriles is 1. The normalized spacial score (nSPS) is 22.7. The third-order valence-electron chi connectivity index (χ3n) is 7.63. The number of halogens is 3. The van der Waals surface area contributed by atoms with Gasteiger partial charge in [-0.05, 0) is 33.8 Å². The number of pyridine rings is 1. The summed E-state index contributed by atoms with van der Waals surface area (Å²) in [6, 6.07) is 2.61. The molecule has 1 saturated heterocycles. The van der Waals surface area contributed by atoms with Gasteiger partial charge >= 0.3 is 19.5 Å². The van der Waals surface area contributed by atoms with Crippen LogP contribution in [0.1, 0.15) is 52.3 Å². The van der Waals surface area contributed by atoms with Crippen molar-refractivity contribution in [3.8, 4) is 6.07 Å². The molecule has 0 bridgehead atoms. The van der Waals surface area contributed by atoms with Crippen LogP contribution in [0.15, 0.2) is 12.3 Å². The number of sulfone groups is 1. The molecule has 1 saturated carbocycles. The van der Waals surface area contributed by atoms with Gasteiger partial charge in [-0.25, -0.2) is 31.8 Å². The van der Waals surface area contributed by atoms with Gasteiger partial charge in [0, 0.05) is 30.5 Å². The monoisotopic (exact) mass is 788 g/mol. The SMILES string of the molecule is CC(C)(O)C(=O)OCOP(=O)(CS(=O)(=O)C[C@H]1O[C@@H](n2ccc3c(NC4CC(F)(F)C4)c(C#N)c(Cl)nc32)[C@H](O)[C@@H]1O)OCOC(=O)C(C)(C)O. The molecule has 0 radical (unpaired) electrons. The first kappa shape index (κ1) is 40.7. The average molecular weight is 789 g/mol. The number of anilines is 1. The van der Waals surface area contributed by atoms with Crippen LogP contribution in [-0.2, 0) is 47.2 Å². The molecule has 3 heterocycles. The van der Waals surface area contributed by atoms with Crippen LogP contribution in [0.2, 0.25) is 5.15 Å². The molecule has 2 aliphatic rings. The zero-order valence-electron chi connectivity index (χ0n) is 27.5. The third-order valence-corrected chi connectivity index (χ3v) is 12.6. The Bertz CT molecular complexity index is 1820. The van der Waals surface area contributed by atoms with E-state index in [9.17, 15) is 57.0 Å². The molecule has 4 rings (SSSR count). The van der Waals surface area contributed by atoms with Gasteiger partial charge in [0.2, 0.25) is 13.6 Å². The van der Waals surface area contributed by atoms with Crippen molar-refractivity contribution in [2.75, 3.05) is 30.1 Å². The molecule has 0 aromatic carbocycles. The van der Waals surface area contributed by atoms with Crippen molar-refractivity contribution in [1.29, 1.82) is 5.26 Å². The standard InChI is InChI=1S/C28H36ClF2N4O14PS/c1-26(2,40)24(38)45-11-47-50(42,48-12-46-25(39)27(3,4)41)13-51(43,44)10-17-19(36)20(37)23(49-17)35-6-5-15-18(33-14-7-28(30,31)8-14)16(9-32)21(29)34-22(15)35/h5-6,14,17,19-20,23,36-37,40-41H,7-8,10-13H2,1-4H3,(H,33,34)/t17-,19-,20-,23-/m1/s1. The molecule has 0 unspecified atom stereocenters. The van der Waals surface area contributed by atoms with E-state index in [1.54, 1.807) is 0 Å². The number of carbonyl (C=O) groups excluding carboxylic acids is 2. The summed E-state index contributed by atoms with van der Waals surface area (Å²) in [7, 11) is -9.55. The van der Waals surface area contributed by atoms with Gasteiger partial charge in [-0.1, -0.05) is 11.6 Å². The minimum absolute atomic E-state index is 0.0140. The molecule has 2 aromatic rings. The maximum absolute atomic E-state index is 13.5. The van der Waals surface area contributed by atoms with Crippen LogP contribution in [-0.4, -0.2) is 117 Å². The van der Waals surface area contributed by atoms with Gasteiger partial charge in [-0.3, -0.25) is 13.6 Å². The van der Waals surface area contributed by atoms with Crippen LogP contribution in [0.3, 0.4) is 0 Å². The Labute approximate surface area is 294 Å². The maximum Gasteiger partial charge on any atom is 0.351 e. The van der Waals surface area contributed by atoms with Crippen LogP contribution < -0.4 is 5.32 Å². The highest BCUT2D eigenvalue weighted by Crippen LogP contribution is 2.50. The Morgan fingerprint density at radius 2 is 1.69 bits per heavy atom. The molecular formula is C28H36ClF2N4O14PS. The van der Waals surface area contributed by atoms with Crippen molar-refractivity contribution in [2.24, 2.45) is 0 Å². The van der Waals surface area contributed by atoms with Crippen LogP contribution in [0.5, 0.6) is 0 Å². The summed E-state index contributed by atoms with van der Waals surface area (Å²) in [6.07, 6.45) is -6.50. The number of nitrogens with zero attached hydrogens (tertiary/aromatic N) is 3. The fraction of sp³-hybridized carbons (Fsp3) is 0.643. The minimum atomic E-state index is -4.90. The Morgan fingerprint density at radius 3 is 2.18 bits per heavy atom. The van der Waals surface area contributed by atoms with Crippen LogP contribution >= 0.6 is 19.2 Å². The number of fused-ring (bicyclic) bond motifs is 1. The molecule has 1 aliphatic heterocycles. The summed E-state index contributed by atoms with van der Waals surface area (Å²) >= 11 is 6.24. The molecule has 0 amide bonds. The number of aromatic nitrogens is 2. The van der Waals surface area contributed by atoms with Crippen LogP contribution in [0.25, 0.3) is 11.0 Å². The van der Waals surface area contributed by atoms with Crippen molar-refractivity contribution in [2.45, 2.75) is 88.2 Å². The number of ether oxygens (including phenoxy) is 3. The highest BCUT2D eigenvalue weighted by Gasteiger charge is 2.48. The number of esters is 2. The average Bonchev–Trinajstić information content (AvgIpc) is 3.50. The van der Waals surface area contributed by atoms with Gasteiger partial charge in [-0.2, -0.15) is 5.26 Å². The summed E-state index contributed by atoms with van der Waals surface area (Å²) in [6.45, 7) is 1.92. The van der Waals surface area contributed by atoms with E-state index < -0.39 is 115 Å². The summed E-state index contributed by atoms with van der Waals surface area (Å²) in [5.41, 5.74) is -5.52. The second-order valence-corrected chi connectivity index (χ2v) is 18.0. The molecule has 284 valence electrons. The fourth-order valence-corrected chi connectivity index (χ4v) is 9.43. The zero-order valence-corrected chi connectivity index (χ0v) is 30.0. The first-order chi connectivity index (χ1) is 23.4. The van der Waals surface area contributed by atoms with Gasteiger partial charge in [-0.15, -0.1) is 0 Å². The van der Waals surface area contributed by atoms with E-state index in [4.69, 9.17) is 25.4 Å². The summed E-state index contributed by atoms with van der Waals surface area (Å²) in [5, 5.41) is 53.6. The predicted octanol–water partition coefficient (Wildman–Crippen LogP) is 1.53. The molecule has 2 fully saturated rings. The van der Waals surface area contributed by atoms with Crippen molar-refractivity contribution in [3.05, 3.63) is 23.0 Å². The lowest BCUT2D eigenvalue weighted by Crippen LogP contribution is -2.44. The Hall–Kier alpha value is -3.03. The van der Waals surface area contributed by atoms with E-state index >= 15 is 0 Å². The molecule has 5 N–H and O–H groups in total. The van der Waals surface area contributed by atoms with E-state index in [2.05, 4.69) is 19.8 Å². The predicted molar refractivity (Wildman–Crippen MR) is 170 cm³/mol. The number of hydrogen-bond acceptors (Lipinski definition) is 17. The largest absolute Gasteiger partial charge is 0.436 e. The number of hydrogen-bond donors (Lipinski definition) is 5. The summed E-state index contributed by atoms with van der Waals surface area (Å²) in [4.78, 5) is 27.9. The van der Waals surface area contributed by atoms with Gasteiger partial charge in [0.1, 0.15) is 35.6 Å². The third kappa shape index (κ3) is 9.70. The van der Waals surface area contributed by atoms with E-state index in [1.165, 1.54) is 16.8 Å². The number of nitrogens with one attached hydrogen (secondary N) is 1. The molecule has 23 heteroatoms. The molecule has 1 aliphatic carbocycles. The first-order valence-corrected chi connectivity index (χ1v) is 18.9. The van der Waals surface area contributed by atoms with Gasteiger partial charge in [0.05, 0.1) is 11.4 Å². The molecule has 0 spiro atoms. The number of aliphatic hydroxyl groups excluding tert-OH is 2. The molecule has 2 aromatic heterocycles. The maximum atomic E-state index is 13.5. The van der Waals surface area contributed by atoms with Crippen molar-refractivity contribution < 1.29 is 75.0 Å². The molecule has 18 nitrogen and oxygen atoms in total. The van der Waals surface area contributed by atoms with E-state index in [0.29, 0.717) is 0 Å². The van der Waals surface area contributed by atoms with Crippen molar-refractivity contribution >= 4 is 57.7 Å². The topological polar surface area (TPSA) is 266 Å². The smallest absolute Gasteiger partial charge is 0.351 e. The lowest BCUT2D eigenvalue weighted by atomic mass is 9.88. The second kappa shape index (κ2) is 14.8. The molecule has 51 heavy (non-hydrogen) atoms. The summed E-state index contributed by atoms with van der Waals surface area (Å²) in [5.74, 6) is -6.45. The number of alkyl halides is 2. The Kier molecular flexibility index (Phi) is 11.8. The van der Waals surface area contributed by atoms with E-state index in [0.717, 1.165) is 27.7 Å². The number of aliphatic hydroxyl groups is 4. The first-order valence-electron chi connectivity index (χ1n) is 15.0. The number of rotatable bonds is 15. The van der Waals surface area contributed by atoms with Crippen LogP contribution in [0.4, 0.5) is 14.5 Å². The Morgan fingerprint density at radius 1 is 1.14 bits per heavy atom. The fourth-order valence-electron chi connectivity index (χ4n) is 4.99. The lowest BCUT2D eigenvalue weighted by Gasteiger charge is -2.36. The Balaban J connectivity index is 1.52. The van der Waals surface area contributed by atoms with Gasteiger partial charge in [0.15, 0.2) is 37.9 Å². The van der Waals surface area contributed by atoms with E-state index in [-0.39, 0.29) is 27.4 Å². The highest BCUT2D eigenvalue weighted by atomic mass is 35.5. The van der Waals surface area contributed by atoms with Gasteiger partial charge in [0.25, 0.3) is 5.92 Å². The molecule has 4 atom stereocenters. The van der Waals surface area contributed by atoms with Crippen molar-refractivity contribution in [1.82, 2.24) is 9.55 Å². The van der Waals surface area contributed by atoms with Gasteiger partial charge < -0.3 is 44.5 Å².